The third-order valence-corrected chi connectivity index (χ3v) is 3.70. The van der Waals surface area contributed by atoms with Crippen molar-refractivity contribution in [3.05, 3.63) is 0 Å². The maximum atomic E-state index is 12.0. The maximum absolute atomic E-state index is 12.0. The van der Waals surface area contributed by atoms with E-state index in [1.165, 1.54) is 0 Å². The van der Waals surface area contributed by atoms with Gasteiger partial charge < -0.3 is 20.1 Å². The van der Waals surface area contributed by atoms with Crippen molar-refractivity contribution in [1.29, 1.82) is 0 Å². The van der Waals surface area contributed by atoms with E-state index in [2.05, 4.69) is 5.32 Å². The summed E-state index contributed by atoms with van der Waals surface area (Å²) in [5.74, 6) is -0.110. The molecule has 2 saturated heterocycles. The molecular weight excluding hydrogens is 233 g/mol. The summed E-state index contributed by atoms with van der Waals surface area (Å²) in [6, 6.07) is 0.207. The van der Waals surface area contributed by atoms with Crippen LogP contribution in [0.5, 0.6) is 0 Å². The Morgan fingerprint density at radius 3 is 2.94 bits per heavy atom. The Morgan fingerprint density at radius 2 is 2.28 bits per heavy atom. The summed E-state index contributed by atoms with van der Waals surface area (Å²) in [6.07, 6.45) is 3.52. The Hall–Kier alpha value is -1.08. The highest BCUT2D eigenvalue weighted by Gasteiger charge is 2.29. The molecular formula is C11H19BN3O3. The van der Waals surface area contributed by atoms with Crippen molar-refractivity contribution < 1.29 is 14.6 Å². The summed E-state index contributed by atoms with van der Waals surface area (Å²) in [4.78, 5) is 26.0. The highest BCUT2D eigenvalue weighted by molar-refractivity contribution is 6.28. The zero-order chi connectivity index (χ0) is 13.0. The third-order valence-electron chi connectivity index (χ3n) is 3.70. The number of nitrogens with zero attached hydrogens (tertiary/aromatic N) is 2. The van der Waals surface area contributed by atoms with Gasteiger partial charge in [0.15, 0.2) is 0 Å². The topological polar surface area (TPSA) is 72.9 Å². The molecule has 0 bridgehead atoms. The van der Waals surface area contributed by atoms with E-state index in [1.807, 2.05) is 0 Å². The van der Waals surface area contributed by atoms with E-state index < -0.39 is 0 Å². The largest absolute Gasteiger partial charge is 0.452 e. The number of likely N-dealkylation sites (tertiary alicyclic amines) is 2. The van der Waals surface area contributed by atoms with Crippen molar-refractivity contribution in [2.75, 3.05) is 26.2 Å². The number of nitrogens with one attached hydrogen (secondary N) is 1. The first-order valence-electron chi connectivity index (χ1n) is 6.44. The second-order valence-electron chi connectivity index (χ2n) is 4.91. The standard InChI is InChI=1S/C11H19BN3O3/c16-8-14-5-3-9(7-14)13-6-11(17)15-4-1-2-10(15)12-18/h8-10,13,18H,1-7H2/t9-,10+/m1/s1. The monoisotopic (exact) mass is 252 g/mol. The lowest BCUT2D eigenvalue weighted by Gasteiger charge is -2.23. The molecule has 0 saturated carbocycles. The van der Waals surface area contributed by atoms with Gasteiger partial charge in [-0.2, -0.15) is 0 Å². The maximum Gasteiger partial charge on any atom is 0.312 e. The van der Waals surface area contributed by atoms with Gasteiger partial charge in [-0.15, -0.1) is 0 Å². The Balaban J connectivity index is 1.73. The molecule has 7 heteroatoms. The van der Waals surface area contributed by atoms with Gasteiger partial charge in [0.2, 0.25) is 12.3 Å². The van der Waals surface area contributed by atoms with E-state index in [0.717, 1.165) is 39.7 Å². The summed E-state index contributed by atoms with van der Waals surface area (Å²) in [6.45, 7) is 2.42. The van der Waals surface area contributed by atoms with Crippen molar-refractivity contribution in [3.8, 4) is 0 Å². The van der Waals surface area contributed by atoms with Crippen molar-refractivity contribution in [1.82, 2.24) is 15.1 Å². The smallest absolute Gasteiger partial charge is 0.312 e. The predicted octanol–water partition coefficient (Wildman–Crippen LogP) is -1.63. The molecule has 2 rings (SSSR count). The summed E-state index contributed by atoms with van der Waals surface area (Å²) in [7, 11) is 1.11. The van der Waals surface area contributed by atoms with E-state index in [1.54, 1.807) is 9.80 Å². The van der Waals surface area contributed by atoms with Crippen LogP contribution in [0.4, 0.5) is 0 Å². The van der Waals surface area contributed by atoms with Crippen LogP contribution in [-0.4, -0.2) is 72.8 Å². The average molecular weight is 252 g/mol. The van der Waals surface area contributed by atoms with E-state index in [9.17, 15) is 9.59 Å². The Labute approximate surface area is 108 Å². The summed E-state index contributed by atoms with van der Waals surface area (Å²) in [5, 5.41) is 12.2. The van der Waals surface area contributed by atoms with Crippen LogP contribution in [0.15, 0.2) is 0 Å². The van der Waals surface area contributed by atoms with Crippen LogP contribution >= 0.6 is 0 Å². The van der Waals surface area contributed by atoms with Crippen LogP contribution in [0.1, 0.15) is 19.3 Å². The van der Waals surface area contributed by atoms with Crippen LogP contribution in [0.3, 0.4) is 0 Å². The first kappa shape index (κ1) is 13.4. The highest BCUT2D eigenvalue weighted by Crippen LogP contribution is 2.15. The minimum atomic E-state index is -0.130. The second-order valence-corrected chi connectivity index (χ2v) is 4.91. The molecule has 2 aliphatic rings. The Kier molecular flexibility index (Phi) is 4.60. The normalized spacial score (nSPS) is 27.6. The number of carbonyl (C=O) groups is 2. The highest BCUT2D eigenvalue weighted by atomic mass is 16.2. The van der Waals surface area contributed by atoms with Gasteiger partial charge in [0.05, 0.1) is 6.54 Å². The van der Waals surface area contributed by atoms with E-state index >= 15 is 0 Å². The fourth-order valence-corrected chi connectivity index (χ4v) is 2.64. The van der Waals surface area contributed by atoms with Crippen LogP contribution < -0.4 is 5.32 Å². The Bertz CT molecular complexity index is 316. The minimum Gasteiger partial charge on any atom is -0.452 e. The van der Waals surface area contributed by atoms with Gasteiger partial charge in [-0.3, -0.25) is 9.59 Å². The molecule has 0 unspecified atom stereocenters. The van der Waals surface area contributed by atoms with Crippen molar-refractivity contribution in [2.45, 2.75) is 31.2 Å². The average Bonchev–Trinajstić information content (AvgIpc) is 3.04. The number of hydrogen-bond acceptors (Lipinski definition) is 4. The zero-order valence-corrected chi connectivity index (χ0v) is 10.4. The van der Waals surface area contributed by atoms with Gasteiger partial charge in [-0.05, 0) is 19.3 Å². The third kappa shape index (κ3) is 3.03. The van der Waals surface area contributed by atoms with Crippen LogP contribution in [0.2, 0.25) is 0 Å². The molecule has 1 radical (unpaired) electrons. The van der Waals surface area contributed by atoms with E-state index in [-0.39, 0.29) is 24.4 Å². The predicted molar refractivity (Wildman–Crippen MR) is 66.8 cm³/mol. The first-order valence-corrected chi connectivity index (χ1v) is 6.44. The van der Waals surface area contributed by atoms with Gasteiger partial charge in [0, 0.05) is 31.6 Å². The SMILES string of the molecule is O=CN1CC[C@@H](NCC(=O)N2CCC[C@H]2[B]O)C1. The fraction of sp³-hybridized carbons (Fsp3) is 0.818. The minimum absolute atomic E-state index is 0.0207. The molecule has 99 valence electrons. The lowest BCUT2D eigenvalue weighted by molar-refractivity contribution is -0.130. The molecule has 0 aromatic rings. The molecule has 0 aromatic heterocycles. The van der Waals surface area contributed by atoms with Crippen LogP contribution in [0, 0.1) is 0 Å². The number of amides is 2. The van der Waals surface area contributed by atoms with Gasteiger partial charge in [0.1, 0.15) is 0 Å². The van der Waals surface area contributed by atoms with Crippen LogP contribution in [-0.2, 0) is 9.59 Å². The molecule has 2 fully saturated rings. The van der Waals surface area contributed by atoms with Gasteiger partial charge in [0.25, 0.3) is 0 Å². The van der Waals surface area contributed by atoms with E-state index in [4.69, 9.17) is 5.02 Å². The quantitative estimate of drug-likeness (QED) is 0.455. The molecule has 0 aliphatic carbocycles. The number of rotatable bonds is 5. The summed E-state index contributed by atoms with van der Waals surface area (Å²) >= 11 is 0. The van der Waals surface area contributed by atoms with E-state index in [0.29, 0.717) is 13.1 Å². The molecule has 2 heterocycles. The van der Waals surface area contributed by atoms with Crippen molar-refractivity contribution >= 4 is 19.8 Å². The number of hydrogen-bond donors (Lipinski definition) is 2. The molecule has 0 spiro atoms. The molecule has 2 N–H and O–H groups in total. The molecule has 6 nitrogen and oxygen atoms in total. The van der Waals surface area contributed by atoms with Crippen molar-refractivity contribution in [3.63, 3.8) is 0 Å². The Morgan fingerprint density at radius 1 is 1.44 bits per heavy atom. The molecule has 2 atom stereocenters. The summed E-state index contributed by atoms with van der Waals surface area (Å²) in [5.41, 5.74) is 0. The van der Waals surface area contributed by atoms with Gasteiger partial charge in [-0.1, -0.05) is 0 Å². The molecule has 0 aromatic carbocycles. The molecule has 2 aliphatic heterocycles. The fourth-order valence-electron chi connectivity index (χ4n) is 2.64. The zero-order valence-electron chi connectivity index (χ0n) is 10.4. The molecule has 18 heavy (non-hydrogen) atoms. The van der Waals surface area contributed by atoms with Crippen LogP contribution in [0.25, 0.3) is 0 Å². The summed E-state index contributed by atoms with van der Waals surface area (Å²) < 4.78 is 0. The lowest BCUT2D eigenvalue weighted by atomic mass is 9.86. The lowest BCUT2D eigenvalue weighted by Crippen LogP contribution is -2.46. The second kappa shape index (κ2) is 6.20. The first-order chi connectivity index (χ1) is 8.74. The van der Waals surface area contributed by atoms with Crippen molar-refractivity contribution in [2.24, 2.45) is 0 Å². The molecule has 2 amide bonds. The van der Waals surface area contributed by atoms with Gasteiger partial charge >= 0.3 is 7.48 Å². The number of carbonyl (C=O) groups excluding carboxylic acids is 2. The van der Waals surface area contributed by atoms with Gasteiger partial charge in [-0.25, -0.2) is 0 Å².